The lowest BCUT2D eigenvalue weighted by Crippen LogP contribution is -2.58. The molecular formula is C23H22Cl2N4O4. The molecule has 2 heterocycles. The molecule has 5 amide bonds. The van der Waals surface area contributed by atoms with Crippen molar-refractivity contribution in [2.75, 3.05) is 31.6 Å². The Hall–Kier alpha value is -3.10. The van der Waals surface area contributed by atoms with Crippen LogP contribution in [0.25, 0.3) is 0 Å². The third kappa shape index (κ3) is 4.16. The topological polar surface area (TPSA) is 90.0 Å². The minimum absolute atomic E-state index is 0.186. The summed E-state index contributed by atoms with van der Waals surface area (Å²) in [4.78, 5) is 55.3. The summed E-state index contributed by atoms with van der Waals surface area (Å²) < 4.78 is 0. The van der Waals surface area contributed by atoms with Crippen molar-refractivity contribution in [2.45, 2.75) is 18.4 Å². The van der Waals surface area contributed by atoms with Gasteiger partial charge in [0.2, 0.25) is 5.91 Å². The van der Waals surface area contributed by atoms with Gasteiger partial charge in [-0.3, -0.25) is 24.2 Å². The number of anilines is 1. The highest BCUT2D eigenvalue weighted by Crippen LogP contribution is 2.40. The van der Waals surface area contributed by atoms with Gasteiger partial charge in [0.25, 0.3) is 11.8 Å². The molecular weight excluding hydrogens is 467 g/mol. The number of para-hydroxylation sites is 1. The quantitative estimate of drug-likeness (QED) is 0.669. The summed E-state index contributed by atoms with van der Waals surface area (Å²) in [7, 11) is 1.48. The molecule has 0 aromatic heterocycles. The summed E-state index contributed by atoms with van der Waals surface area (Å²) in [6.45, 7) is 0.343. The van der Waals surface area contributed by atoms with E-state index in [-0.39, 0.29) is 48.1 Å². The maximum absolute atomic E-state index is 13.1. The highest BCUT2D eigenvalue weighted by Gasteiger charge is 2.57. The van der Waals surface area contributed by atoms with Crippen molar-refractivity contribution in [3.8, 4) is 0 Å². The summed E-state index contributed by atoms with van der Waals surface area (Å²) in [6.07, 6.45) is 0.604. The smallest absolute Gasteiger partial charge is 0.331 e. The molecule has 0 aliphatic carbocycles. The Morgan fingerprint density at radius 2 is 1.70 bits per heavy atom. The first-order chi connectivity index (χ1) is 15.7. The zero-order valence-corrected chi connectivity index (χ0v) is 19.4. The van der Waals surface area contributed by atoms with E-state index in [0.717, 1.165) is 4.90 Å². The molecule has 0 radical (unpaired) electrons. The Morgan fingerprint density at radius 3 is 2.36 bits per heavy atom. The molecule has 2 aromatic rings. The van der Waals surface area contributed by atoms with E-state index in [1.54, 1.807) is 28.0 Å². The van der Waals surface area contributed by atoms with Crippen LogP contribution in [0, 0.1) is 0 Å². The van der Waals surface area contributed by atoms with Crippen LogP contribution >= 0.6 is 23.2 Å². The van der Waals surface area contributed by atoms with Crippen molar-refractivity contribution in [3.63, 3.8) is 0 Å². The molecule has 2 aliphatic heterocycles. The minimum Gasteiger partial charge on any atom is -0.343 e. The fourth-order valence-electron chi connectivity index (χ4n) is 4.36. The van der Waals surface area contributed by atoms with Gasteiger partial charge in [-0.25, -0.2) is 4.79 Å². The number of hydrogen-bond donors (Lipinski definition) is 1. The second-order valence-corrected chi connectivity index (χ2v) is 8.88. The fraction of sp³-hybridized carbons (Fsp3) is 0.304. The number of halogens is 2. The van der Waals surface area contributed by atoms with Crippen LogP contribution in [0.1, 0.15) is 23.2 Å². The molecule has 0 bridgehead atoms. The van der Waals surface area contributed by atoms with Crippen LogP contribution in [-0.2, 0) is 9.59 Å². The normalized spacial score (nSPS) is 17.6. The molecule has 0 unspecified atom stereocenters. The molecule has 10 heteroatoms. The molecule has 172 valence electrons. The van der Waals surface area contributed by atoms with Crippen LogP contribution in [0.4, 0.5) is 10.5 Å². The average Bonchev–Trinajstić information content (AvgIpc) is 3.00. The van der Waals surface area contributed by atoms with E-state index < -0.39 is 11.4 Å². The third-order valence-electron chi connectivity index (χ3n) is 6.14. The summed E-state index contributed by atoms with van der Waals surface area (Å²) in [5, 5.41) is 3.17. The van der Waals surface area contributed by atoms with Gasteiger partial charge >= 0.3 is 6.03 Å². The largest absolute Gasteiger partial charge is 0.343 e. The van der Waals surface area contributed by atoms with Crippen molar-refractivity contribution in [2.24, 2.45) is 0 Å². The first-order valence-electron chi connectivity index (χ1n) is 10.4. The Morgan fingerprint density at radius 1 is 1.03 bits per heavy atom. The summed E-state index contributed by atoms with van der Waals surface area (Å²) in [6, 6.07) is 13.2. The van der Waals surface area contributed by atoms with Gasteiger partial charge in [0.1, 0.15) is 5.54 Å². The third-order valence-corrected chi connectivity index (χ3v) is 6.70. The molecule has 1 N–H and O–H groups in total. The lowest BCUT2D eigenvalue weighted by Gasteiger charge is -2.42. The van der Waals surface area contributed by atoms with Gasteiger partial charge in [-0.05, 0) is 43.2 Å². The monoisotopic (exact) mass is 488 g/mol. The number of nitrogens with one attached hydrogen (secondary N) is 1. The number of likely N-dealkylation sites (N-methyl/N-ethyl adjacent to an activating group) is 1. The highest BCUT2D eigenvalue weighted by atomic mass is 35.5. The van der Waals surface area contributed by atoms with Crippen LogP contribution < -0.4 is 10.2 Å². The Kier molecular flexibility index (Phi) is 6.32. The van der Waals surface area contributed by atoms with Crippen molar-refractivity contribution in [1.82, 2.24) is 15.1 Å². The molecule has 1 spiro atoms. The maximum atomic E-state index is 13.1. The highest BCUT2D eigenvalue weighted by molar-refractivity contribution is 6.35. The molecule has 33 heavy (non-hydrogen) atoms. The Bertz CT molecular complexity index is 1120. The number of carbonyl (C=O) groups is 4. The molecule has 2 aromatic carbocycles. The van der Waals surface area contributed by atoms with Gasteiger partial charge in [-0.2, -0.15) is 0 Å². The van der Waals surface area contributed by atoms with Crippen LogP contribution in [0.5, 0.6) is 0 Å². The van der Waals surface area contributed by atoms with E-state index in [1.807, 2.05) is 18.2 Å². The molecule has 2 fully saturated rings. The van der Waals surface area contributed by atoms with Crippen LogP contribution in [0.2, 0.25) is 10.0 Å². The van der Waals surface area contributed by atoms with Gasteiger partial charge in [0.15, 0.2) is 0 Å². The minimum atomic E-state index is -1.03. The summed E-state index contributed by atoms with van der Waals surface area (Å²) in [5.41, 5.74) is -0.196. The number of amides is 5. The molecule has 4 rings (SSSR count). The number of likely N-dealkylation sites (tertiary alicyclic amines) is 1. The number of carbonyl (C=O) groups excluding carboxylic acids is 4. The average molecular weight is 489 g/mol. The lowest BCUT2D eigenvalue weighted by atomic mass is 9.85. The molecule has 0 atom stereocenters. The van der Waals surface area contributed by atoms with Gasteiger partial charge < -0.3 is 10.2 Å². The Labute approximate surface area is 201 Å². The first-order valence-corrected chi connectivity index (χ1v) is 11.2. The first kappa shape index (κ1) is 23.1. The lowest BCUT2D eigenvalue weighted by molar-refractivity contribution is -0.136. The van der Waals surface area contributed by atoms with Crippen molar-refractivity contribution in [1.29, 1.82) is 0 Å². The number of rotatable bonds is 4. The van der Waals surface area contributed by atoms with Gasteiger partial charge in [0, 0.05) is 30.8 Å². The standard InChI is InChI=1S/C23H22Cl2N4O4/c1-27-21(32)23(29(22(27)33)16-5-3-2-4-6-16)9-11-28(12-10-23)19(30)14-26-20(31)17-13-15(24)7-8-18(17)25/h2-8,13H,9-12,14H2,1H3,(H,26,31). The van der Waals surface area contributed by atoms with E-state index in [4.69, 9.17) is 23.2 Å². The number of hydrogen-bond acceptors (Lipinski definition) is 4. The van der Waals surface area contributed by atoms with E-state index in [1.165, 1.54) is 19.2 Å². The second-order valence-electron chi connectivity index (χ2n) is 8.04. The predicted molar refractivity (Wildman–Crippen MR) is 124 cm³/mol. The number of imide groups is 1. The SMILES string of the molecule is CN1C(=O)N(c2ccccc2)C2(CCN(C(=O)CNC(=O)c3cc(Cl)ccc3Cl)CC2)C1=O. The number of benzene rings is 2. The van der Waals surface area contributed by atoms with Crippen molar-refractivity contribution < 1.29 is 19.2 Å². The predicted octanol–water partition coefficient (Wildman–Crippen LogP) is 3.18. The van der Waals surface area contributed by atoms with Crippen LogP contribution in [-0.4, -0.2) is 65.8 Å². The van der Waals surface area contributed by atoms with Gasteiger partial charge in [-0.1, -0.05) is 41.4 Å². The summed E-state index contributed by atoms with van der Waals surface area (Å²) >= 11 is 12.0. The molecule has 2 aliphatic rings. The van der Waals surface area contributed by atoms with E-state index in [0.29, 0.717) is 23.6 Å². The fourth-order valence-corrected chi connectivity index (χ4v) is 4.74. The Balaban J connectivity index is 1.42. The summed E-state index contributed by atoms with van der Waals surface area (Å²) in [5.74, 6) is -1.06. The molecule has 2 saturated heterocycles. The van der Waals surface area contributed by atoms with E-state index >= 15 is 0 Å². The number of urea groups is 1. The van der Waals surface area contributed by atoms with Crippen molar-refractivity contribution >= 4 is 52.6 Å². The maximum Gasteiger partial charge on any atom is 0.331 e. The van der Waals surface area contributed by atoms with E-state index in [2.05, 4.69) is 5.32 Å². The van der Waals surface area contributed by atoms with Gasteiger partial charge in [-0.15, -0.1) is 0 Å². The number of piperidine rings is 1. The van der Waals surface area contributed by atoms with Gasteiger partial charge in [0.05, 0.1) is 17.1 Å². The zero-order chi connectivity index (χ0) is 23.8. The van der Waals surface area contributed by atoms with Crippen molar-refractivity contribution in [3.05, 3.63) is 64.1 Å². The number of nitrogens with zero attached hydrogens (tertiary/aromatic N) is 3. The van der Waals surface area contributed by atoms with Crippen LogP contribution in [0.3, 0.4) is 0 Å². The van der Waals surface area contributed by atoms with E-state index in [9.17, 15) is 19.2 Å². The molecule has 0 saturated carbocycles. The second kappa shape index (κ2) is 9.03. The van der Waals surface area contributed by atoms with Crippen LogP contribution in [0.15, 0.2) is 48.5 Å². The molecule has 8 nitrogen and oxygen atoms in total. The zero-order valence-electron chi connectivity index (χ0n) is 17.9.